The molecule has 0 bridgehead atoms. The molecule has 0 aromatic carbocycles. The maximum atomic E-state index is 10.8. The Balaban J connectivity index is 2.18. The Bertz CT molecular complexity index is 272. The summed E-state index contributed by atoms with van der Waals surface area (Å²) in [6.07, 6.45) is 9.62. The molecule has 0 spiro atoms. The molecular formula is C10H12BrNO. The highest BCUT2D eigenvalue weighted by atomic mass is 79.9. The van der Waals surface area contributed by atoms with Crippen LogP contribution in [-0.2, 0) is 4.79 Å². The van der Waals surface area contributed by atoms with Crippen molar-refractivity contribution >= 4 is 22.3 Å². The topological polar surface area (TPSA) is 20.3 Å². The Morgan fingerprint density at radius 1 is 1.62 bits per heavy atom. The highest BCUT2D eigenvalue weighted by Gasteiger charge is 2.28. The minimum atomic E-state index is 0.299. The normalized spacial score (nSPS) is 32.4. The monoisotopic (exact) mass is 241 g/mol. The van der Waals surface area contributed by atoms with E-state index in [9.17, 15) is 4.79 Å². The van der Waals surface area contributed by atoms with Crippen molar-refractivity contribution in [3.63, 3.8) is 0 Å². The van der Waals surface area contributed by atoms with Gasteiger partial charge < -0.3 is 4.90 Å². The Labute approximate surface area is 86.4 Å². The van der Waals surface area contributed by atoms with Gasteiger partial charge in [-0.3, -0.25) is 4.79 Å². The quantitative estimate of drug-likeness (QED) is 0.644. The van der Waals surface area contributed by atoms with Crippen molar-refractivity contribution in [3.05, 3.63) is 22.7 Å². The van der Waals surface area contributed by atoms with Gasteiger partial charge in [0, 0.05) is 16.9 Å². The number of carbonyl (C=O) groups excluding carboxylic acids is 1. The van der Waals surface area contributed by atoms with Crippen molar-refractivity contribution in [2.24, 2.45) is 5.92 Å². The Morgan fingerprint density at radius 2 is 2.46 bits per heavy atom. The highest BCUT2D eigenvalue weighted by Crippen LogP contribution is 2.30. The van der Waals surface area contributed by atoms with E-state index in [-0.39, 0.29) is 0 Å². The van der Waals surface area contributed by atoms with Crippen LogP contribution in [0.15, 0.2) is 22.7 Å². The number of halogens is 1. The first-order chi connectivity index (χ1) is 6.31. The molecule has 2 nitrogen and oxygen atoms in total. The van der Waals surface area contributed by atoms with Crippen LogP contribution in [-0.4, -0.2) is 23.9 Å². The molecule has 0 saturated carbocycles. The van der Waals surface area contributed by atoms with E-state index in [1.165, 1.54) is 6.42 Å². The minimum Gasteiger partial charge on any atom is -0.338 e. The Hall–Kier alpha value is -0.570. The lowest BCUT2D eigenvalue weighted by Gasteiger charge is -2.37. The van der Waals surface area contributed by atoms with E-state index in [4.69, 9.17) is 0 Å². The summed E-state index contributed by atoms with van der Waals surface area (Å²) in [6, 6.07) is 0.299. The number of hydrogen-bond acceptors (Lipinski definition) is 1. The summed E-state index contributed by atoms with van der Waals surface area (Å²) in [5, 5.41) is 0. The fourth-order valence-electron chi connectivity index (χ4n) is 2.08. The summed E-state index contributed by atoms with van der Waals surface area (Å²) >= 11 is 3.46. The van der Waals surface area contributed by atoms with E-state index in [1.54, 1.807) is 0 Å². The van der Waals surface area contributed by atoms with E-state index in [1.807, 2.05) is 11.0 Å². The molecule has 0 aromatic rings. The van der Waals surface area contributed by atoms with E-state index in [0.29, 0.717) is 12.0 Å². The largest absolute Gasteiger partial charge is 0.338 e. The summed E-state index contributed by atoms with van der Waals surface area (Å²) in [7, 11) is 0. The molecule has 0 radical (unpaired) electrons. The number of amides is 1. The zero-order valence-electron chi connectivity index (χ0n) is 7.32. The summed E-state index contributed by atoms with van der Waals surface area (Å²) in [5.74, 6) is 0.512. The van der Waals surface area contributed by atoms with Crippen LogP contribution in [0, 0.1) is 5.92 Å². The van der Waals surface area contributed by atoms with Crippen LogP contribution in [0.3, 0.4) is 0 Å². The third-order valence-corrected chi connectivity index (χ3v) is 3.27. The van der Waals surface area contributed by atoms with Gasteiger partial charge in [-0.05, 0) is 12.8 Å². The molecule has 0 N–H and O–H groups in total. The lowest BCUT2D eigenvalue weighted by atomic mass is 9.86. The number of nitrogens with zero attached hydrogens (tertiary/aromatic N) is 1. The van der Waals surface area contributed by atoms with Crippen molar-refractivity contribution in [3.8, 4) is 0 Å². The van der Waals surface area contributed by atoms with Crippen LogP contribution in [0.4, 0.5) is 0 Å². The molecule has 1 saturated heterocycles. The lowest BCUT2D eigenvalue weighted by Crippen LogP contribution is -2.43. The third-order valence-electron chi connectivity index (χ3n) is 2.74. The molecule has 1 amide bonds. The fraction of sp³-hybridized carbons (Fsp3) is 0.500. The van der Waals surface area contributed by atoms with Crippen LogP contribution >= 0.6 is 15.9 Å². The van der Waals surface area contributed by atoms with Crippen LogP contribution in [0.2, 0.25) is 0 Å². The molecule has 1 heterocycles. The van der Waals surface area contributed by atoms with Gasteiger partial charge in [-0.15, -0.1) is 0 Å². The number of carbonyl (C=O) groups is 1. The van der Waals surface area contributed by atoms with E-state index in [0.717, 1.165) is 23.9 Å². The van der Waals surface area contributed by atoms with Crippen molar-refractivity contribution < 1.29 is 4.79 Å². The minimum absolute atomic E-state index is 0.299. The summed E-state index contributed by atoms with van der Waals surface area (Å²) in [5.41, 5.74) is 0. The Kier molecular flexibility index (Phi) is 2.54. The maximum absolute atomic E-state index is 10.8. The van der Waals surface area contributed by atoms with Gasteiger partial charge in [-0.2, -0.15) is 0 Å². The summed E-state index contributed by atoms with van der Waals surface area (Å²) in [4.78, 5) is 12.6. The maximum Gasteiger partial charge on any atom is 0.210 e. The highest BCUT2D eigenvalue weighted by molar-refractivity contribution is 9.11. The predicted molar refractivity (Wildman–Crippen MR) is 55.4 cm³/mol. The van der Waals surface area contributed by atoms with Crippen LogP contribution < -0.4 is 0 Å². The van der Waals surface area contributed by atoms with Gasteiger partial charge in [0.2, 0.25) is 6.41 Å². The third kappa shape index (κ3) is 1.70. The van der Waals surface area contributed by atoms with Crippen LogP contribution in [0.5, 0.6) is 0 Å². The number of piperidine rings is 1. The Morgan fingerprint density at radius 3 is 3.23 bits per heavy atom. The van der Waals surface area contributed by atoms with Crippen molar-refractivity contribution in [2.45, 2.75) is 18.9 Å². The van der Waals surface area contributed by atoms with Gasteiger partial charge in [0.05, 0.1) is 6.04 Å². The number of rotatable bonds is 1. The number of likely N-dealkylation sites (tertiary alicyclic amines) is 1. The number of fused-ring (bicyclic) bond motifs is 1. The van der Waals surface area contributed by atoms with Gasteiger partial charge in [-0.1, -0.05) is 34.2 Å². The summed E-state index contributed by atoms with van der Waals surface area (Å²) < 4.78 is 1.14. The summed E-state index contributed by atoms with van der Waals surface area (Å²) in [6.45, 7) is 0.903. The molecule has 1 aliphatic heterocycles. The second-order valence-electron chi connectivity index (χ2n) is 3.55. The molecule has 2 aliphatic rings. The number of hydrogen-bond donors (Lipinski definition) is 0. The fourth-order valence-corrected chi connectivity index (χ4v) is 2.58. The average Bonchev–Trinajstić information content (AvgIpc) is 2.16. The van der Waals surface area contributed by atoms with E-state index < -0.39 is 0 Å². The molecule has 1 fully saturated rings. The first-order valence-electron chi connectivity index (χ1n) is 4.58. The molecule has 3 heteroatoms. The van der Waals surface area contributed by atoms with E-state index in [2.05, 4.69) is 28.1 Å². The average molecular weight is 242 g/mol. The lowest BCUT2D eigenvalue weighted by molar-refractivity contribution is -0.121. The molecule has 2 atom stereocenters. The van der Waals surface area contributed by atoms with Crippen molar-refractivity contribution in [1.82, 2.24) is 4.90 Å². The predicted octanol–water partition coefficient (Wildman–Crippen LogP) is 2.07. The first-order valence-corrected chi connectivity index (χ1v) is 5.37. The van der Waals surface area contributed by atoms with Gasteiger partial charge in [0.1, 0.15) is 0 Å². The van der Waals surface area contributed by atoms with Gasteiger partial charge in [0.15, 0.2) is 0 Å². The van der Waals surface area contributed by atoms with Crippen molar-refractivity contribution in [1.29, 1.82) is 0 Å². The van der Waals surface area contributed by atoms with Crippen LogP contribution in [0.25, 0.3) is 0 Å². The molecule has 2 rings (SSSR count). The molecular weight excluding hydrogens is 230 g/mol. The molecule has 2 unspecified atom stereocenters. The zero-order valence-corrected chi connectivity index (χ0v) is 8.90. The van der Waals surface area contributed by atoms with E-state index >= 15 is 0 Å². The van der Waals surface area contributed by atoms with Crippen molar-refractivity contribution in [2.75, 3.05) is 6.54 Å². The molecule has 70 valence electrons. The number of allylic oxidation sites excluding steroid dienone is 2. The first kappa shape index (κ1) is 9.00. The smallest absolute Gasteiger partial charge is 0.210 e. The molecule has 1 aliphatic carbocycles. The molecule has 0 aromatic heterocycles. The second-order valence-corrected chi connectivity index (χ2v) is 4.47. The van der Waals surface area contributed by atoms with Gasteiger partial charge in [-0.25, -0.2) is 0 Å². The van der Waals surface area contributed by atoms with Crippen LogP contribution in [0.1, 0.15) is 12.8 Å². The SMILES string of the molecule is O=CN1CCCC2C=C(Br)C=CC21. The zero-order chi connectivity index (χ0) is 9.26. The van der Waals surface area contributed by atoms with Gasteiger partial charge >= 0.3 is 0 Å². The standard InChI is InChI=1S/C10H12BrNO/c11-9-3-4-10-8(6-9)2-1-5-12(10)7-13/h3-4,6-8,10H,1-2,5H2. The molecule has 13 heavy (non-hydrogen) atoms. The second kappa shape index (κ2) is 3.66. The van der Waals surface area contributed by atoms with Gasteiger partial charge in [0.25, 0.3) is 0 Å².